The molecule has 33 heavy (non-hydrogen) atoms. The summed E-state index contributed by atoms with van der Waals surface area (Å²) in [6.45, 7) is 1.45. The summed E-state index contributed by atoms with van der Waals surface area (Å²) in [6, 6.07) is 14.6. The summed E-state index contributed by atoms with van der Waals surface area (Å²) in [7, 11) is 0. The van der Waals surface area contributed by atoms with Crippen LogP contribution in [0.4, 0.5) is 5.69 Å². The average molecular weight is 445 g/mol. The monoisotopic (exact) mass is 445 g/mol. The number of nitrogens with one attached hydrogen (secondary N) is 1. The van der Waals surface area contributed by atoms with Crippen molar-refractivity contribution in [2.75, 3.05) is 4.90 Å². The Morgan fingerprint density at radius 2 is 1.58 bits per heavy atom. The van der Waals surface area contributed by atoms with Gasteiger partial charge < -0.3 is 10.1 Å². The molecule has 1 aliphatic heterocycles. The fourth-order valence-electron chi connectivity index (χ4n) is 4.21. The lowest BCUT2D eigenvalue weighted by atomic mass is 9.83. The molecule has 1 N–H and O–H groups in total. The second-order valence-corrected chi connectivity index (χ2v) is 8.33. The van der Waals surface area contributed by atoms with Gasteiger partial charge in [-0.3, -0.25) is 14.4 Å². The molecule has 168 valence electrons. The summed E-state index contributed by atoms with van der Waals surface area (Å²) in [5.74, 6) is -2.09. The molecule has 1 fully saturated rings. The van der Waals surface area contributed by atoms with Crippen LogP contribution in [-0.4, -0.2) is 35.3 Å². The van der Waals surface area contributed by atoms with Gasteiger partial charge in [0.1, 0.15) is 5.54 Å². The third-order valence-corrected chi connectivity index (χ3v) is 6.09. The molecule has 1 saturated carbocycles. The lowest BCUT2D eigenvalue weighted by Gasteiger charge is -2.32. The number of nitrogens with zero attached hydrogens (tertiary/aromatic N) is 2. The first-order valence-corrected chi connectivity index (χ1v) is 10.9. The maximum Gasteiger partial charge on any atom is 0.338 e. The van der Waals surface area contributed by atoms with E-state index in [0.717, 1.165) is 24.2 Å². The normalized spacial score (nSPS) is 17.6. The number of benzene rings is 2. The van der Waals surface area contributed by atoms with Crippen molar-refractivity contribution in [1.29, 1.82) is 5.26 Å². The molecule has 8 nitrogen and oxygen atoms in total. The Morgan fingerprint density at radius 3 is 2.12 bits per heavy atom. The van der Waals surface area contributed by atoms with Crippen LogP contribution in [0.3, 0.4) is 0 Å². The molecule has 8 heteroatoms. The van der Waals surface area contributed by atoms with Gasteiger partial charge in [-0.1, -0.05) is 31.4 Å². The topological polar surface area (TPSA) is 117 Å². The first-order chi connectivity index (χ1) is 15.8. The van der Waals surface area contributed by atoms with Gasteiger partial charge in [0.25, 0.3) is 17.7 Å². The van der Waals surface area contributed by atoms with Crippen LogP contribution < -0.4 is 10.2 Å². The van der Waals surface area contributed by atoms with Gasteiger partial charge in [-0.25, -0.2) is 9.69 Å². The molecule has 1 heterocycles. The van der Waals surface area contributed by atoms with Crippen molar-refractivity contribution in [2.45, 2.75) is 50.7 Å². The second kappa shape index (κ2) is 8.87. The molecule has 3 amide bonds. The number of hydrogen-bond donors (Lipinski definition) is 1. The van der Waals surface area contributed by atoms with Crippen LogP contribution in [0, 0.1) is 11.3 Å². The first kappa shape index (κ1) is 22.2. The van der Waals surface area contributed by atoms with E-state index in [1.807, 2.05) is 0 Å². The number of hydrogen-bond acceptors (Lipinski definition) is 6. The SMILES string of the molecule is C[C@H](OC(=O)c1ccc(N2C(=O)c3ccccc3C2=O)cc1)C(=O)NC1(C#N)CCCCC1. The minimum atomic E-state index is -1.08. The Morgan fingerprint density at radius 1 is 1.00 bits per heavy atom. The van der Waals surface area contributed by atoms with Gasteiger partial charge in [0.15, 0.2) is 6.10 Å². The van der Waals surface area contributed by atoms with E-state index in [9.17, 15) is 24.4 Å². The molecule has 0 unspecified atom stereocenters. The van der Waals surface area contributed by atoms with Crippen molar-refractivity contribution in [3.63, 3.8) is 0 Å². The number of anilines is 1. The molecule has 2 aromatic carbocycles. The number of fused-ring (bicyclic) bond motifs is 1. The molecule has 2 aliphatic rings. The molecule has 4 rings (SSSR count). The van der Waals surface area contributed by atoms with Gasteiger partial charge >= 0.3 is 5.97 Å². The Labute approximate surface area is 191 Å². The summed E-state index contributed by atoms with van der Waals surface area (Å²) in [4.78, 5) is 51.3. The van der Waals surface area contributed by atoms with E-state index in [4.69, 9.17) is 4.74 Å². The minimum Gasteiger partial charge on any atom is -0.449 e. The van der Waals surface area contributed by atoms with E-state index in [2.05, 4.69) is 11.4 Å². The van der Waals surface area contributed by atoms with Crippen molar-refractivity contribution in [3.8, 4) is 6.07 Å². The number of imide groups is 1. The molecule has 0 bridgehead atoms. The van der Waals surface area contributed by atoms with E-state index < -0.39 is 35.3 Å². The van der Waals surface area contributed by atoms with E-state index in [0.29, 0.717) is 29.7 Å². The molecular formula is C25H23N3O5. The summed E-state index contributed by atoms with van der Waals surface area (Å²) >= 11 is 0. The fourth-order valence-corrected chi connectivity index (χ4v) is 4.21. The summed E-state index contributed by atoms with van der Waals surface area (Å²) < 4.78 is 5.28. The van der Waals surface area contributed by atoms with Crippen molar-refractivity contribution >= 4 is 29.4 Å². The van der Waals surface area contributed by atoms with Gasteiger partial charge in [-0.2, -0.15) is 5.26 Å². The highest BCUT2D eigenvalue weighted by atomic mass is 16.5. The predicted octanol–water partition coefficient (Wildman–Crippen LogP) is 3.38. The number of amides is 3. The Balaban J connectivity index is 1.41. The number of rotatable bonds is 5. The zero-order chi connectivity index (χ0) is 23.6. The maximum atomic E-state index is 12.6. The van der Waals surface area contributed by atoms with E-state index in [-0.39, 0.29) is 5.56 Å². The molecule has 0 spiro atoms. The summed E-state index contributed by atoms with van der Waals surface area (Å²) in [6.07, 6.45) is 2.83. The number of ether oxygens (including phenoxy) is 1. The predicted molar refractivity (Wildman–Crippen MR) is 118 cm³/mol. The fraction of sp³-hybridized carbons (Fsp3) is 0.320. The molecule has 1 atom stereocenters. The maximum absolute atomic E-state index is 12.6. The number of esters is 1. The van der Waals surface area contributed by atoms with Crippen molar-refractivity contribution in [3.05, 3.63) is 65.2 Å². The average Bonchev–Trinajstić information content (AvgIpc) is 3.09. The largest absolute Gasteiger partial charge is 0.449 e. The van der Waals surface area contributed by atoms with Gasteiger partial charge in [0, 0.05) is 0 Å². The Kier molecular flexibility index (Phi) is 5.97. The van der Waals surface area contributed by atoms with E-state index >= 15 is 0 Å². The smallest absolute Gasteiger partial charge is 0.338 e. The van der Waals surface area contributed by atoms with Gasteiger partial charge in [-0.05, 0) is 56.2 Å². The Hall–Kier alpha value is -3.99. The van der Waals surface area contributed by atoms with Crippen LogP contribution in [-0.2, 0) is 9.53 Å². The first-order valence-electron chi connectivity index (χ1n) is 10.9. The minimum absolute atomic E-state index is 0.169. The van der Waals surface area contributed by atoms with Crippen molar-refractivity contribution in [2.24, 2.45) is 0 Å². The Bertz CT molecular complexity index is 1120. The highest BCUT2D eigenvalue weighted by Crippen LogP contribution is 2.29. The lowest BCUT2D eigenvalue weighted by molar-refractivity contribution is -0.130. The van der Waals surface area contributed by atoms with Crippen LogP contribution in [0.25, 0.3) is 0 Å². The van der Waals surface area contributed by atoms with Crippen LogP contribution in [0.5, 0.6) is 0 Å². The summed E-state index contributed by atoms with van der Waals surface area (Å²) in [5, 5.41) is 12.3. The lowest BCUT2D eigenvalue weighted by Crippen LogP contribution is -2.52. The van der Waals surface area contributed by atoms with Crippen LogP contribution in [0.2, 0.25) is 0 Å². The zero-order valence-corrected chi connectivity index (χ0v) is 18.2. The third kappa shape index (κ3) is 4.22. The number of carbonyl (C=O) groups excluding carboxylic acids is 4. The zero-order valence-electron chi connectivity index (χ0n) is 18.2. The van der Waals surface area contributed by atoms with Gasteiger partial charge in [0.2, 0.25) is 0 Å². The molecule has 1 aliphatic carbocycles. The highest BCUT2D eigenvalue weighted by Gasteiger charge is 2.37. The standard InChI is InChI=1S/C25H23N3O5/c1-16(21(29)27-25(15-26)13-5-2-6-14-25)33-24(32)17-9-11-18(12-10-17)28-22(30)19-7-3-4-8-20(19)23(28)31/h3-4,7-12,16H,2,5-6,13-14H2,1H3,(H,27,29)/t16-/m0/s1. The quantitative estimate of drug-likeness (QED) is 0.557. The number of carbonyl (C=O) groups is 4. The molecular weight excluding hydrogens is 422 g/mol. The van der Waals surface area contributed by atoms with Crippen LogP contribution >= 0.6 is 0 Å². The van der Waals surface area contributed by atoms with Crippen LogP contribution in [0.1, 0.15) is 70.1 Å². The van der Waals surface area contributed by atoms with Gasteiger partial charge in [-0.15, -0.1) is 0 Å². The second-order valence-electron chi connectivity index (χ2n) is 8.33. The summed E-state index contributed by atoms with van der Waals surface area (Å²) in [5.41, 5.74) is 0.252. The van der Waals surface area contributed by atoms with Crippen molar-refractivity contribution < 1.29 is 23.9 Å². The molecule has 2 aromatic rings. The van der Waals surface area contributed by atoms with E-state index in [1.54, 1.807) is 24.3 Å². The molecule has 0 radical (unpaired) electrons. The highest BCUT2D eigenvalue weighted by molar-refractivity contribution is 6.34. The molecule has 0 aromatic heterocycles. The van der Waals surface area contributed by atoms with E-state index in [1.165, 1.54) is 31.2 Å². The van der Waals surface area contributed by atoms with Crippen molar-refractivity contribution in [1.82, 2.24) is 5.32 Å². The van der Waals surface area contributed by atoms with Crippen LogP contribution in [0.15, 0.2) is 48.5 Å². The van der Waals surface area contributed by atoms with Gasteiger partial charge in [0.05, 0.1) is 28.4 Å². The number of nitriles is 1. The third-order valence-electron chi connectivity index (χ3n) is 6.09. The molecule has 0 saturated heterocycles.